The average molecular weight is 326 g/mol. The fourth-order valence-corrected chi connectivity index (χ4v) is 4.10. The third kappa shape index (κ3) is 3.16. The summed E-state index contributed by atoms with van der Waals surface area (Å²) in [5.74, 6) is 0. The summed E-state index contributed by atoms with van der Waals surface area (Å²) in [4.78, 5) is 11.0. The molecule has 0 spiro atoms. The molecule has 0 unspecified atom stereocenters. The van der Waals surface area contributed by atoms with Crippen LogP contribution in [0.4, 0.5) is 5.69 Å². The Balaban J connectivity index is 2.50. The standard InChI is InChI=1S/C15H22N2O4S/c1-15(2,21-3)13-10-12(6-7-14(13)16-11-18)22(19,20)17-8-4-5-9-17/h6-7,10-11H,4-5,8-9H2,1-3H3,(H,16,18). The van der Waals surface area contributed by atoms with Gasteiger partial charge in [0.25, 0.3) is 0 Å². The number of nitrogens with zero attached hydrogens (tertiary/aromatic N) is 1. The van der Waals surface area contributed by atoms with Crippen molar-refractivity contribution in [3.8, 4) is 0 Å². The summed E-state index contributed by atoms with van der Waals surface area (Å²) in [6.45, 7) is 4.76. The predicted molar refractivity (Wildman–Crippen MR) is 84.2 cm³/mol. The number of ether oxygens (including phenoxy) is 1. The van der Waals surface area contributed by atoms with Crippen LogP contribution in [0, 0.1) is 0 Å². The van der Waals surface area contributed by atoms with Gasteiger partial charge in [-0.1, -0.05) is 0 Å². The molecule has 0 atom stereocenters. The minimum Gasteiger partial charge on any atom is -0.374 e. The van der Waals surface area contributed by atoms with Gasteiger partial charge < -0.3 is 10.1 Å². The first-order chi connectivity index (χ1) is 10.3. The lowest BCUT2D eigenvalue weighted by molar-refractivity contribution is -0.105. The first-order valence-corrected chi connectivity index (χ1v) is 8.67. The first kappa shape index (κ1) is 16.9. The van der Waals surface area contributed by atoms with Crippen LogP contribution in [0.1, 0.15) is 32.3 Å². The lowest BCUT2D eigenvalue weighted by atomic mass is 9.96. The zero-order valence-electron chi connectivity index (χ0n) is 13.1. The number of amides is 1. The van der Waals surface area contributed by atoms with Gasteiger partial charge in [-0.15, -0.1) is 0 Å². The van der Waals surface area contributed by atoms with Crippen LogP contribution in [0.3, 0.4) is 0 Å². The van der Waals surface area contributed by atoms with Gasteiger partial charge in [0.05, 0.1) is 10.5 Å². The molecule has 1 aliphatic heterocycles. The molecule has 1 aromatic carbocycles. The van der Waals surface area contributed by atoms with Crippen LogP contribution in [-0.4, -0.2) is 39.3 Å². The Morgan fingerprint density at radius 2 is 1.91 bits per heavy atom. The molecule has 122 valence electrons. The quantitative estimate of drug-likeness (QED) is 0.810. The number of benzene rings is 1. The predicted octanol–water partition coefficient (Wildman–Crippen LogP) is 1.92. The van der Waals surface area contributed by atoms with E-state index in [1.807, 2.05) is 13.8 Å². The van der Waals surface area contributed by atoms with Crippen molar-refractivity contribution in [2.75, 3.05) is 25.5 Å². The van der Waals surface area contributed by atoms with Crippen LogP contribution >= 0.6 is 0 Å². The summed E-state index contributed by atoms with van der Waals surface area (Å²) in [6, 6.07) is 4.71. The van der Waals surface area contributed by atoms with Crippen LogP contribution in [0.5, 0.6) is 0 Å². The molecule has 1 N–H and O–H groups in total. The van der Waals surface area contributed by atoms with Gasteiger partial charge in [-0.2, -0.15) is 4.31 Å². The molecular weight excluding hydrogens is 304 g/mol. The Morgan fingerprint density at radius 1 is 1.27 bits per heavy atom. The summed E-state index contributed by atoms with van der Waals surface area (Å²) in [5, 5.41) is 2.60. The zero-order chi connectivity index (χ0) is 16.4. The Bertz CT molecular complexity index is 650. The highest BCUT2D eigenvalue weighted by Gasteiger charge is 2.30. The number of carbonyl (C=O) groups excluding carboxylic acids is 1. The first-order valence-electron chi connectivity index (χ1n) is 7.23. The maximum Gasteiger partial charge on any atom is 0.243 e. The number of hydrogen-bond donors (Lipinski definition) is 1. The highest BCUT2D eigenvalue weighted by molar-refractivity contribution is 7.89. The van der Waals surface area contributed by atoms with Crippen molar-refractivity contribution in [1.29, 1.82) is 0 Å². The molecule has 0 saturated carbocycles. The summed E-state index contributed by atoms with van der Waals surface area (Å²) in [7, 11) is -1.95. The van der Waals surface area contributed by atoms with Crippen molar-refractivity contribution in [3.05, 3.63) is 23.8 Å². The minimum absolute atomic E-state index is 0.228. The SMILES string of the molecule is COC(C)(C)c1cc(S(=O)(=O)N2CCCC2)ccc1NC=O. The average Bonchev–Trinajstić information content (AvgIpc) is 3.02. The maximum absolute atomic E-state index is 12.7. The van der Waals surface area contributed by atoms with Crippen LogP contribution < -0.4 is 5.32 Å². The second-order valence-corrected chi connectivity index (χ2v) is 7.73. The van der Waals surface area contributed by atoms with Crippen molar-refractivity contribution in [2.24, 2.45) is 0 Å². The fourth-order valence-electron chi connectivity index (χ4n) is 2.56. The summed E-state index contributed by atoms with van der Waals surface area (Å²) in [6.07, 6.45) is 2.35. The van der Waals surface area contributed by atoms with Crippen molar-refractivity contribution in [2.45, 2.75) is 37.2 Å². The van der Waals surface area contributed by atoms with Gasteiger partial charge in [0, 0.05) is 31.5 Å². The van der Waals surface area contributed by atoms with Crippen LogP contribution in [0.25, 0.3) is 0 Å². The van der Waals surface area contributed by atoms with Crippen molar-refractivity contribution in [1.82, 2.24) is 4.31 Å². The number of sulfonamides is 1. The van der Waals surface area contributed by atoms with Gasteiger partial charge in [-0.3, -0.25) is 4.79 Å². The normalized spacial score (nSPS) is 16.7. The molecule has 1 amide bonds. The molecule has 1 saturated heterocycles. The van der Waals surface area contributed by atoms with E-state index in [1.165, 1.54) is 10.4 Å². The second kappa shape index (κ2) is 6.36. The largest absolute Gasteiger partial charge is 0.374 e. The van der Waals surface area contributed by atoms with Crippen LogP contribution in [0.2, 0.25) is 0 Å². The number of hydrogen-bond acceptors (Lipinski definition) is 4. The number of carbonyl (C=O) groups is 1. The Morgan fingerprint density at radius 3 is 2.45 bits per heavy atom. The molecule has 0 radical (unpaired) electrons. The summed E-state index contributed by atoms with van der Waals surface area (Å²) < 4.78 is 32.3. The summed E-state index contributed by atoms with van der Waals surface area (Å²) >= 11 is 0. The third-order valence-corrected chi connectivity index (χ3v) is 5.96. The Hall–Kier alpha value is -1.44. The molecule has 22 heavy (non-hydrogen) atoms. The van der Waals surface area contributed by atoms with Gasteiger partial charge in [0.15, 0.2) is 0 Å². The van der Waals surface area contributed by atoms with Gasteiger partial charge in [0.1, 0.15) is 0 Å². The number of nitrogens with one attached hydrogen (secondary N) is 1. The second-order valence-electron chi connectivity index (χ2n) is 5.80. The van der Waals surface area contributed by atoms with Crippen molar-refractivity contribution < 1.29 is 17.9 Å². The van der Waals surface area contributed by atoms with E-state index in [1.54, 1.807) is 19.2 Å². The zero-order valence-corrected chi connectivity index (χ0v) is 13.9. The van der Waals surface area contributed by atoms with E-state index >= 15 is 0 Å². The topological polar surface area (TPSA) is 75.7 Å². The molecule has 6 nitrogen and oxygen atoms in total. The van der Waals surface area contributed by atoms with Crippen molar-refractivity contribution in [3.63, 3.8) is 0 Å². The van der Waals surface area contributed by atoms with Gasteiger partial charge in [-0.25, -0.2) is 8.42 Å². The molecule has 1 aliphatic rings. The van der Waals surface area contributed by atoms with E-state index in [0.717, 1.165) is 12.8 Å². The molecule has 1 aromatic rings. The third-order valence-electron chi connectivity index (χ3n) is 4.07. The molecule has 2 rings (SSSR count). The smallest absolute Gasteiger partial charge is 0.243 e. The van der Waals surface area contributed by atoms with E-state index < -0.39 is 15.6 Å². The molecular formula is C15H22N2O4S. The lowest BCUT2D eigenvalue weighted by Crippen LogP contribution is -2.29. The molecule has 0 bridgehead atoms. The Kier molecular flexibility index (Phi) is 4.89. The van der Waals surface area contributed by atoms with E-state index in [9.17, 15) is 13.2 Å². The van der Waals surface area contributed by atoms with Gasteiger partial charge in [0.2, 0.25) is 16.4 Å². The van der Waals surface area contributed by atoms with Gasteiger partial charge in [-0.05, 0) is 44.9 Å². The molecule has 1 heterocycles. The molecule has 7 heteroatoms. The van der Waals surface area contributed by atoms with E-state index in [4.69, 9.17) is 4.74 Å². The fraction of sp³-hybridized carbons (Fsp3) is 0.533. The summed E-state index contributed by atoms with van der Waals surface area (Å²) in [5.41, 5.74) is 0.451. The minimum atomic E-state index is -3.50. The van der Waals surface area contributed by atoms with Crippen molar-refractivity contribution >= 4 is 22.1 Å². The van der Waals surface area contributed by atoms with E-state index in [2.05, 4.69) is 5.32 Å². The highest BCUT2D eigenvalue weighted by atomic mass is 32.2. The molecule has 1 fully saturated rings. The van der Waals surface area contributed by atoms with E-state index in [-0.39, 0.29) is 4.90 Å². The lowest BCUT2D eigenvalue weighted by Gasteiger charge is -2.27. The number of methoxy groups -OCH3 is 1. The van der Waals surface area contributed by atoms with Crippen LogP contribution in [0.15, 0.2) is 23.1 Å². The Labute approximate surface area is 131 Å². The molecule has 0 aliphatic carbocycles. The van der Waals surface area contributed by atoms with E-state index in [0.29, 0.717) is 30.8 Å². The highest BCUT2D eigenvalue weighted by Crippen LogP contribution is 2.33. The number of rotatable bonds is 6. The number of anilines is 1. The molecule has 0 aromatic heterocycles. The van der Waals surface area contributed by atoms with Crippen LogP contribution in [-0.2, 0) is 25.2 Å². The van der Waals surface area contributed by atoms with Gasteiger partial charge >= 0.3 is 0 Å². The maximum atomic E-state index is 12.7. The monoisotopic (exact) mass is 326 g/mol.